The Labute approximate surface area is 78.7 Å². The molecule has 1 N–H and O–H groups in total. The minimum Gasteiger partial charge on any atom is -0.361 e. The van der Waals surface area contributed by atoms with E-state index >= 15 is 0 Å². The SMILES string of the molecule is FC(F)CNc1noc2ccccc12. The van der Waals surface area contributed by atoms with Crippen molar-refractivity contribution in [1.29, 1.82) is 0 Å². The average molecular weight is 198 g/mol. The second-order valence-corrected chi connectivity index (χ2v) is 2.80. The maximum atomic E-state index is 11.9. The van der Waals surface area contributed by atoms with E-state index in [-0.39, 0.29) is 0 Å². The van der Waals surface area contributed by atoms with E-state index < -0.39 is 13.0 Å². The predicted octanol–water partition coefficient (Wildman–Crippen LogP) is 2.50. The van der Waals surface area contributed by atoms with Crippen molar-refractivity contribution >= 4 is 16.8 Å². The minimum absolute atomic E-state index is 0.362. The number of rotatable bonds is 3. The molecule has 0 unspecified atom stereocenters. The van der Waals surface area contributed by atoms with Crippen molar-refractivity contribution in [1.82, 2.24) is 5.16 Å². The summed E-state index contributed by atoms with van der Waals surface area (Å²) in [7, 11) is 0. The second kappa shape index (κ2) is 3.61. The number of hydrogen-bond donors (Lipinski definition) is 1. The Morgan fingerprint density at radius 3 is 2.93 bits per heavy atom. The van der Waals surface area contributed by atoms with Gasteiger partial charge in [0.05, 0.1) is 11.9 Å². The van der Waals surface area contributed by atoms with Gasteiger partial charge in [0, 0.05) is 0 Å². The van der Waals surface area contributed by atoms with Gasteiger partial charge >= 0.3 is 0 Å². The molecule has 0 spiro atoms. The van der Waals surface area contributed by atoms with Gasteiger partial charge in [-0.1, -0.05) is 17.3 Å². The van der Waals surface area contributed by atoms with Gasteiger partial charge in [-0.15, -0.1) is 0 Å². The molecule has 0 saturated carbocycles. The number of nitrogens with one attached hydrogen (secondary N) is 1. The summed E-state index contributed by atoms with van der Waals surface area (Å²) in [6, 6.07) is 7.09. The van der Waals surface area contributed by atoms with Crippen LogP contribution in [-0.2, 0) is 0 Å². The third-order valence-electron chi connectivity index (χ3n) is 1.80. The highest BCUT2D eigenvalue weighted by Gasteiger charge is 2.08. The van der Waals surface area contributed by atoms with Crippen molar-refractivity contribution in [3.63, 3.8) is 0 Å². The number of alkyl halides is 2. The van der Waals surface area contributed by atoms with Gasteiger partial charge in [-0.3, -0.25) is 0 Å². The molecule has 1 heterocycles. The highest BCUT2D eigenvalue weighted by Crippen LogP contribution is 2.21. The number of benzene rings is 1. The van der Waals surface area contributed by atoms with Crippen molar-refractivity contribution in [2.24, 2.45) is 0 Å². The van der Waals surface area contributed by atoms with Crippen LogP contribution in [0.5, 0.6) is 0 Å². The summed E-state index contributed by atoms with van der Waals surface area (Å²) in [6.45, 7) is -0.420. The molecular formula is C9H8F2N2O. The zero-order chi connectivity index (χ0) is 9.97. The largest absolute Gasteiger partial charge is 0.361 e. The Morgan fingerprint density at radius 2 is 2.14 bits per heavy atom. The molecule has 0 atom stereocenters. The first-order valence-electron chi connectivity index (χ1n) is 4.14. The fourth-order valence-electron chi connectivity index (χ4n) is 1.19. The molecule has 14 heavy (non-hydrogen) atoms. The van der Waals surface area contributed by atoms with Crippen LogP contribution in [0.4, 0.5) is 14.6 Å². The molecule has 0 aliphatic heterocycles. The fraction of sp³-hybridized carbons (Fsp3) is 0.222. The number of hydrogen-bond acceptors (Lipinski definition) is 3. The zero-order valence-electron chi connectivity index (χ0n) is 7.21. The molecule has 2 rings (SSSR count). The van der Waals surface area contributed by atoms with Gasteiger partial charge in [0.25, 0.3) is 6.43 Å². The lowest BCUT2D eigenvalue weighted by molar-refractivity contribution is 0.163. The summed E-state index contributed by atoms with van der Waals surface area (Å²) in [4.78, 5) is 0. The summed E-state index contributed by atoms with van der Waals surface area (Å²) in [5.74, 6) is 0.362. The van der Waals surface area contributed by atoms with Crippen molar-refractivity contribution in [2.45, 2.75) is 6.43 Å². The number of aromatic nitrogens is 1. The van der Waals surface area contributed by atoms with Crippen LogP contribution in [0.25, 0.3) is 11.0 Å². The molecular weight excluding hydrogens is 190 g/mol. The Bertz CT molecular complexity index is 427. The van der Waals surface area contributed by atoms with Gasteiger partial charge < -0.3 is 9.84 Å². The molecule has 0 amide bonds. The van der Waals surface area contributed by atoms with Gasteiger partial charge in [-0.25, -0.2) is 8.78 Å². The lowest BCUT2D eigenvalue weighted by atomic mass is 10.2. The maximum absolute atomic E-state index is 11.9. The molecule has 0 radical (unpaired) electrons. The van der Waals surface area contributed by atoms with Crippen LogP contribution in [0.2, 0.25) is 0 Å². The molecule has 1 aromatic heterocycles. The molecule has 0 aliphatic rings. The van der Waals surface area contributed by atoms with Crippen LogP contribution in [0.1, 0.15) is 0 Å². The van der Waals surface area contributed by atoms with Gasteiger partial charge in [0.15, 0.2) is 11.4 Å². The first-order valence-corrected chi connectivity index (χ1v) is 4.14. The topological polar surface area (TPSA) is 38.1 Å². The molecule has 0 fully saturated rings. The van der Waals surface area contributed by atoms with Gasteiger partial charge in [0.2, 0.25) is 0 Å². The van der Waals surface area contributed by atoms with Gasteiger partial charge in [-0.2, -0.15) is 0 Å². The number of nitrogens with zero attached hydrogens (tertiary/aromatic N) is 1. The molecule has 5 heteroatoms. The minimum atomic E-state index is -2.40. The normalized spacial score (nSPS) is 11.1. The van der Waals surface area contributed by atoms with Crippen LogP contribution in [0.15, 0.2) is 28.8 Å². The number of anilines is 1. The molecule has 0 bridgehead atoms. The Kier molecular flexibility index (Phi) is 2.30. The van der Waals surface area contributed by atoms with Crippen molar-refractivity contribution in [2.75, 3.05) is 11.9 Å². The van der Waals surface area contributed by atoms with Crippen LogP contribution in [0.3, 0.4) is 0 Å². The Balaban J connectivity index is 2.25. The molecule has 0 saturated heterocycles. The first-order chi connectivity index (χ1) is 6.77. The third kappa shape index (κ3) is 1.66. The maximum Gasteiger partial charge on any atom is 0.255 e. The van der Waals surface area contributed by atoms with Crippen LogP contribution < -0.4 is 5.32 Å². The van der Waals surface area contributed by atoms with Crippen molar-refractivity contribution < 1.29 is 13.3 Å². The van der Waals surface area contributed by atoms with Crippen LogP contribution in [-0.4, -0.2) is 18.1 Å². The lowest BCUT2D eigenvalue weighted by Gasteiger charge is -1.99. The van der Waals surface area contributed by atoms with Crippen LogP contribution >= 0.6 is 0 Å². The summed E-state index contributed by atoms with van der Waals surface area (Å²) in [6.07, 6.45) is -2.40. The average Bonchev–Trinajstić information content (AvgIpc) is 2.58. The Hall–Kier alpha value is -1.65. The monoisotopic (exact) mass is 198 g/mol. The second-order valence-electron chi connectivity index (χ2n) is 2.80. The van der Waals surface area contributed by atoms with Gasteiger partial charge in [-0.05, 0) is 12.1 Å². The highest BCUT2D eigenvalue weighted by atomic mass is 19.3. The van der Waals surface area contributed by atoms with Gasteiger partial charge in [0.1, 0.15) is 0 Å². The molecule has 0 aliphatic carbocycles. The number of para-hydroxylation sites is 1. The summed E-state index contributed by atoms with van der Waals surface area (Å²) in [5, 5.41) is 6.88. The standard InChI is InChI=1S/C9H8F2N2O/c10-8(11)5-12-9-6-3-1-2-4-7(6)14-13-9/h1-4,8H,5H2,(H,12,13). The number of fused-ring (bicyclic) bond motifs is 1. The van der Waals surface area contributed by atoms with E-state index in [2.05, 4.69) is 10.5 Å². The van der Waals surface area contributed by atoms with E-state index in [1.807, 2.05) is 0 Å². The first kappa shape index (κ1) is 8.93. The summed E-state index contributed by atoms with van der Waals surface area (Å²) in [5.41, 5.74) is 0.587. The Morgan fingerprint density at radius 1 is 1.36 bits per heavy atom. The fourth-order valence-corrected chi connectivity index (χ4v) is 1.19. The highest BCUT2D eigenvalue weighted by molar-refractivity contribution is 5.87. The molecule has 1 aromatic carbocycles. The van der Waals surface area contributed by atoms with Crippen molar-refractivity contribution in [3.05, 3.63) is 24.3 Å². The van der Waals surface area contributed by atoms with Crippen molar-refractivity contribution in [3.8, 4) is 0 Å². The summed E-state index contributed by atoms with van der Waals surface area (Å²) >= 11 is 0. The molecule has 2 aromatic rings. The molecule has 3 nitrogen and oxygen atoms in total. The van der Waals surface area contributed by atoms with E-state index in [0.717, 1.165) is 0 Å². The third-order valence-corrected chi connectivity index (χ3v) is 1.80. The molecule has 74 valence electrons. The van der Waals surface area contributed by atoms with Crippen LogP contribution in [0, 0.1) is 0 Å². The number of halogens is 2. The van der Waals surface area contributed by atoms with E-state index in [1.54, 1.807) is 24.3 Å². The van der Waals surface area contributed by atoms with E-state index in [1.165, 1.54) is 0 Å². The lowest BCUT2D eigenvalue weighted by Crippen LogP contribution is -2.10. The predicted molar refractivity (Wildman–Crippen MR) is 48.5 cm³/mol. The van der Waals surface area contributed by atoms with E-state index in [9.17, 15) is 8.78 Å². The van der Waals surface area contributed by atoms with E-state index in [4.69, 9.17) is 4.52 Å². The zero-order valence-corrected chi connectivity index (χ0v) is 7.21. The quantitative estimate of drug-likeness (QED) is 0.823. The van der Waals surface area contributed by atoms with E-state index in [0.29, 0.717) is 16.8 Å². The smallest absolute Gasteiger partial charge is 0.255 e. The summed E-state index contributed by atoms with van der Waals surface area (Å²) < 4.78 is 28.7.